The van der Waals surface area contributed by atoms with Crippen LogP contribution in [0.5, 0.6) is 11.5 Å². The van der Waals surface area contributed by atoms with Crippen molar-refractivity contribution in [1.29, 1.82) is 10.5 Å². The van der Waals surface area contributed by atoms with Gasteiger partial charge in [-0.15, -0.1) is 0 Å². The van der Waals surface area contributed by atoms with Crippen LogP contribution in [-0.4, -0.2) is 87.9 Å². The lowest BCUT2D eigenvalue weighted by molar-refractivity contribution is -0.150. The third-order valence-corrected chi connectivity index (χ3v) is 7.07. The molecule has 258 valence electrons. The number of carbonyl (C=O) groups is 4. The summed E-state index contributed by atoms with van der Waals surface area (Å²) in [6, 6.07) is 16.7. The predicted octanol–water partition coefficient (Wildman–Crippen LogP) is 3.04. The molecular formula is C36H32N2O12. The number of nitriles is 2. The fourth-order valence-corrected chi connectivity index (χ4v) is 4.68. The summed E-state index contributed by atoms with van der Waals surface area (Å²) in [6.07, 6.45) is 1.53. The lowest BCUT2D eigenvalue weighted by Crippen LogP contribution is -2.36. The molecule has 0 bridgehead atoms. The van der Waals surface area contributed by atoms with E-state index in [1.54, 1.807) is 48.5 Å². The van der Waals surface area contributed by atoms with E-state index in [0.717, 1.165) is 12.2 Å². The zero-order valence-corrected chi connectivity index (χ0v) is 26.7. The molecule has 2 aromatic rings. The summed E-state index contributed by atoms with van der Waals surface area (Å²) in [5.74, 6) is -1.92. The first-order chi connectivity index (χ1) is 24.2. The van der Waals surface area contributed by atoms with Crippen molar-refractivity contribution in [2.24, 2.45) is 0 Å². The Morgan fingerprint density at radius 1 is 0.660 bits per heavy atom. The molecule has 0 aliphatic carbocycles. The van der Waals surface area contributed by atoms with Crippen LogP contribution in [0.1, 0.15) is 11.1 Å². The number of fused-ring (bicyclic) bond motifs is 1. The molecule has 0 amide bonds. The van der Waals surface area contributed by atoms with Crippen molar-refractivity contribution in [3.8, 4) is 23.6 Å². The van der Waals surface area contributed by atoms with E-state index < -0.39 is 48.3 Å². The average molecular weight is 685 g/mol. The molecule has 2 saturated heterocycles. The molecule has 0 N–H and O–H groups in total. The van der Waals surface area contributed by atoms with Gasteiger partial charge in [0.15, 0.2) is 12.2 Å². The topological polar surface area (TPSA) is 190 Å². The van der Waals surface area contributed by atoms with E-state index in [-0.39, 0.29) is 50.8 Å². The summed E-state index contributed by atoms with van der Waals surface area (Å²) in [6.45, 7) is 6.83. The third-order valence-electron chi connectivity index (χ3n) is 7.07. The Hall–Kier alpha value is -6.22. The average Bonchev–Trinajstić information content (AvgIpc) is 3.73. The number of hydrogen-bond acceptors (Lipinski definition) is 14. The van der Waals surface area contributed by atoms with Gasteiger partial charge in [-0.05, 0) is 47.5 Å². The van der Waals surface area contributed by atoms with E-state index in [0.29, 0.717) is 22.6 Å². The van der Waals surface area contributed by atoms with Crippen LogP contribution in [0.4, 0.5) is 0 Å². The fraction of sp³-hybridized carbons (Fsp3) is 0.278. The normalized spacial score (nSPS) is 19.5. The molecule has 0 aromatic heterocycles. The smallest absolute Gasteiger partial charge is 0.349 e. The monoisotopic (exact) mass is 684 g/mol. The van der Waals surface area contributed by atoms with Gasteiger partial charge in [-0.25, -0.2) is 19.2 Å². The largest absolute Gasteiger partial charge is 0.490 e. The SMILES string of the molecule is C=CC(=O)OCCOc1ccc(/C=C(\C#N)C(=O)O[C@H]2CO[C@H]3[C@@H]2OC[C@H]3OC(=O)/C(C#N)=C/c2ccc(OCCOC(=O)C=C)cc2)cc1. The second-order valence-electron chi connectivity index (χ2n) is 10.4. The minimum Gasteiger partial charge on any atom is -0.490 e. The van der Waals surface area contributed by atoms with Crippen molar-refractivity contribution in [2.45, 2.75) is 24.4 Å². The highest BCUT2D eigenvalue weighted by molar-refractivity contribution is 5.98. The Labute approximate surface area is 287 Å². The maximum absolute atomic E-state index is 12.9. The maximum Gasteiger partial charge on any atom is 0.349 e. The highest BCUT2D eigenvalue weighted by Gasteiger charge is 2.51. The zero-order chi connectivity index (χ0) is 35.9. The highest BCUT2D eigenvalue weighted by atomic mass is 16.7. The summed E-state index contributed by atoms with van der Waals surface area (Å²) in [5, 5.41) is 19.2. The van der Waals surface area contributed by atoms with E-state index in [4.69, 9.17) is 37.9 Å². The van der Waals surface area contributed by atoms with Gasteiger partial charge in [0.25, 0.3) is 0 Å². The van der Waals surface area contributed by atoms with Crippen molar-refractivity contribution in [1.82, 2.24) is 0 Å². The van der Waals surface area contributed by atoms with E-state index in [1.807, 2.05) is 12.1 Å². The standard InChI is InChI=1S/C36H32N2O12/c1-3-31(39)45-15-13-43-27-9-5-23(6-10-27)17-25(19-37)35(41)49-29-21-47-34-30(22-48-33(29)34)50-36(42)26(20-38)18-24-7-11-28(12-8-24)44-14-16-46-32(40)4-2/h3-12,17-18,29-30,33-34H,1-2,13-16,21-22H2/b25-17+,26-18+/t29-,30+,33-,34-/m1/s1. The second kappa shape index (κ2) is 18.4. The van der Waals surface area contributed by atoms with Crippen molar-refractivity contribution in [3.05, 3.63) is 96.1 Å². The lowest BCUT2D eigenvalue weighted by atomic mass is 10.1. The molecule has 2 aliphatic heterocycles. The lowest BCUT2D eigenvalue weighted by Gasteiger charge is -2.17. The summed E-state index contributed by atoms with van der Waals surface area (Å²) in [7, 11) is 0. The van der Waals surface area contributed by atoms with Crippen LogP contribution >= 0.6 is 0 Å². The fourth-order valence-electron chi connectivity index (χ4n) is 4.68. The number of esters is 4. The number of ether oxygens (including phenoxy) is 8. The Bertz CT molecular complexity index is 1590. The number of nitrogens with zero attached hydrogens (tertiary/aromatic N) is 2. The molecule has 0 unspecified atom stereocenters. The van der Waals surface area contributed by atoms with Crippen molar-refractivity contribution in [2.75, 3.05) is 39.6 Å². The van der Waals surface area contributed by atoms with Gasteiger partial charge in [-0.2, -0.15) is 10.5 Å². The van der Waals surface area contributed by atoms with Crippen LogP contribution in [0.2, 0.25) is 0 Å². The minimum absolute atomic E-state index is 0.0437. The Morgan fingerprint density at radius 3 is 1.38 bits per heavy atom. The number of rotatable bonds is 16. The molecule has 14 heteroatoms. The molecule has 2 aromatic carbocycles. The van der Waals surface area contributed by atoms with Gasteiger partial charge < -0.3 is 37.9 Å². The van der Waals surface area contributed by atoms with E-state index in [1.165, 1.54) is 12.2 Å². The highest BCUT2D eigenvalue weighted by Crippen LogP contribution is 2.31. The van der Waals surface area contributed by atoms with Gasteiger partial charge in [0.2, 0.25) is 0 Å². The van der Waals surface area contributed by atoms with Crippen LogP contribution in [0, 0.1) is 22.7 Å². The third kappa shape index (κ3) is 10.4. The first kappa shape index (κ1) is 36.6. The predicted molar refractivity (Wildman–Crippen MR) is 173 cm³/mol. The molecule has 4 atom stereocenters. The second-order valence-corrected chi connectivity index (χ2v) is 10.4. The molecule has 2 aliphatic rings. The Balaban J connectivity index is 1.27. The van der Waals surface area contributed by atoms with Crippen LogP contribution in [-0.2, 0) is 47.6 Å². The van der Waals surface area contributed by atoms with Gasteiger partial charge in [0.05, 0.1) is 13.2 Å². The van der Waals surface area contributed by atoms with Crippen molar-refractivity contribution in [3.63, 3.8) is 0 Å². The molecule has 0 spiro atoms. The molecule has 50 heavy (non-hydrogen) atoms. The Morgan fingerprint density at radius 2 is 1.04 bits per heavy atom. The van der Waals surface area contributed by atoms with E-state index in [2.05, 4.69) is 13.2 Å². The summed E-state index contributed by atoms with van der Waals surface area (Å²) in [4.78, 5) is 47.9. The number of benzene rings is 2. The van der Waals surface area contributed by atoms with Crippen LogP contribution in [0.15, 0.2) is 85.0 Å². The quantitative estimate of drug-likeness (QED) is 0.0824. The molecular weight excluding hydrogens is 652 g/mol. The minimum atomic E-state index is -0.891. The summed E-state index contributed by atoms with van der Waals surface area (Å²) < 4.78 is 43.2. The first-order valence-electron chi connectivity index (χ1n) is 15.2. The number of carbonyl (C=O) groups excluding carboxylic acids is 4. The molecule has 14 nitrogen and oxygen atoms in total. The summed E-state index contributed by atoms with van der Waals surface area (Å²) in [5.41, 5.74) is 0.527. The maximum atomic E-state index is 12.9. The molecule has 0 radical (unpaired) electrons. The van der Waals surface area contributed by atoms with Gasteiger partial charge in [-0.3, -0.25) is 0 Å². The molecule has 0 saturated carbocycles. The van der Waals surface area contributed by atoms with Gasteiger partial charge in [0.1, 0.15) is 73.4 Å². The van der Waals surface area contributed by atoms with Gasteiger partial charge in [-0.1, -0.05) is 37.4 Å². The molecule has 2 fully saturated rings. The Kier molecular flexibility index (Phi) is 13.4. The number of hydrogen-bond donors (Lipinski definition) is 0. The van der Waals surface area contributed by atoms with E-state index in [9.17, 15) is 29.7 Å². The van der Waals surface area contributed by atoms with Crippen LogP contribution in [0.3, 0.4) is 0 Å². The van der Waals surface area contributed by atoms with Crippen LogP contribution < -0.4 is 9.47 Å². The van der Waals surface area contributed by atoms with Crippen LogP contribution in [0.25, 0.3) is 12.2 Å². The summed E-state index contributed by atoms with van der Waals surface area (Å²) >= 11 is 0. The van der Waals surface area contributed by atoms with E-state index >= 15 is 0 Å². The van der Waals surface area contributed by atoms with Crippen molar-refractivity contribution >= 4 is 36.0 Å². The van der Waals surface area contributed by atoms with Gasteiger partial charge >= 0.3 is 23.9 Å². The molecule has 4 rings (SSSR count). The zero-order valence-electron chi connectivity index (χ0n) is 26.7. The first-order valence-corrected chi connectivity index (χ1v) is 15.2. The van der Waals surface area contributed by atoms with Gasteiger partial charge in [0, 0.05) is 12.2 Å². The molecule has 2 heterocycles. The van der Waals surface area contributed by atoms with Crippen molar-refractivity contribution < 1.29 is 57.1 Å².